The molecule has 3 N–H and O–H groups in total. The summed E-state index contributed by atoms with van der Waals surface area (Å²) in [6.45, 7) is 4.86. The Balaban J connectivity index is 3.50. The third kappa shape index (κ3) is 45.9. The van der Waals surface area contributed by atoms with Crippen LogP contribution < -0.4 is 5.32 Å². The van der Waals surface area contributed by atoms with Crippen molar-refractivity contribution in [2.45, 2.75) is 296 Å². The van der Waals surface area contributed by atoms with Crippen molar-refractivity contribution < 1.29 is 24.5 Å². The van der Waals surface area contributed by atoms with E-state index in [0.29, 0.717) is 19.4 Å². The zero-order valence-corrected chi connectivity index (χ0v) is 40.2. The Morgan fingerprint density at radius 3 is 1.18 bits per heavy atom. The molecule has 6 nitrogen and oxygen atoms in total. The summed E-state index contributed by atoms with van der Waals surface area (Å²) in [5.74, 6) is -0.102. The van der Waals surface area contributed by atoms with Gasteiger partial charge in [0.25, 0.3) is 0 Å². The fraction of sp³-hybridized carbons (Fsp3) is 0.889. The predicted molar refractivity (Wildman–Crippen MR) is 260 cm³/mol. The van der Waals surface area contributed by atoms with E-state index < -0.39 is 12.1 Å². The molecular weight excluding hydrogens is 743 g/mol. The van der Waals surface area contributed by atoms with Crippen molar-refractivity contribution in [3.8, 4) is 0 Å². The number of nitrogens with one attached hydrogen (secondary N) is 1. The maximum atomic E-state index is 12.4. The maximum absolute atomic E-state index is 12.4. The van der Waals surface area contributed by atoms with Crippen LogP contribution in [0.25, 0.3) is 0 Å². The Labute approximate surface area is 373 Å². The number of amides is 1. The summed E-state index contributed by atoms with van der Waals surface area (Å²) >= 11 is 0. The topological polar surface area (TPSA) is 95.9 Å². The Hall–Kier alpha value is -1.66. The predicted octanol–water partition coefficient (Wildman–Crippen LogP) is 15.9. The number of hydrogen-bond donors (Lipinski definition) is 3. The van der Waals surface area contributed by atoms with Crippen molar-refractivity contribution >= 4 is 11.9 Å². The van der Waals surface area contributed by atoms with Crippen molar-refractivity contribution in [2.24, 2.45) is 0 Å². The summed E-state index contributed by atoms with van der Waals surface area (Å²) in [5.41, 5.74) is 0. The Morgan fingerprint density at radius 1 is 0.450 bits per heavy atom. The zero-order valence-electron chi connectivity index (χ0n) is 40.2. The molecule has 0 aliphatic heterocycles. The molecule has 6 heteroatoms. The van der Waals surface area contributed by atoms with Crippen molar-refractivity contribution in [3.05, 3.63) is 24.3 Å². The fourth-order valence-electron chi connectivity index (χ4n) is 8.10. The van der Waals surface area contributed by atoms with Gasteiger partial charge in [-0.1, -0.05) is 237 Å². The van der Waals surface area contributed by atoms with Crippen LogP contribution in [0.5, 0.6) is 0 Å². The molecule has 1 amide bonds. The summed E-state index contributed by atoms with van der Waals surface area (Å²) in [6.07, 6.45) is 58.9. The molecule has 0 rings (SSSR count). The smallest absolute Gasteiger partial charge is 0.305 e. The van der Waals surface area contributed by atoms with Gasteiger partial charge < -0.3 is 20.3 Å². The van der Waals surface area contributed by atoms with E-state index in [1.807, 2.05) is 6.08 Å². The highest BCUT2D eigenvalue weighted by molar-refractivity contribution is 5.76. The number of ether oxygens (including phenoxy) is 1. The molecule has 0 heterocycles. The second-order valence-electron chi connectivity index (χ2n) is 18.2. The molecule has 0 spiro atoms. The Bertz CT molecular complexity index is 935. The van der Waals surface area contributed by atoms with E-state index in [9.17, 15) is 19.8 Å². The summed E-state index contributed by atoms with van der Waals surface area (Å²) in [6, 6.07) is -0.639. The summed E-state index contributed by atoms with van der Waals surface area (Å²) < 4.78 is 5.46. The summed E-state index contributed by atoms with van der Waals surface area (Å²) in [4.78, 5) is 24.5. The van der Waals surface area contributed by atoms with E-state index in [1.54, 1.807) is 6.08 Å². The number of hydrogen-bond acceptors (Lipinski definition) is 5. The lowest BCUT2D eigenvalue weighted by Gasteiger charge is -2.20. The number of carbonyl (C=O) groups is 2. The highest BCUT2D eigenvalue weighted by Crippen LogP contribution is 2.16. The molecule has 0 saturated carbocycles. The van der Waals surface area contributed by atoms with Crippen LogP contribution in [0.2, 0.25) is 0 Å². The molecule has 2 unspecified atom stereocenters. The minimum Gasteiger partial charge on any atom is -0.466 e. The molecule has 0 saturated heterocycles. The number of aliphatic hydroxyl groups is 2. The second kappa shape index (κ2) is 50.0. The molecule has 60 heavy (non-hydrogen) atoms. The molecule has 0 aromatic carbocycles. The number of rotatable bonds is 49. The average Bonchev–Trinajstić information content (AvgIpc) is 3.25. The van der Waals surface area contributed by atoms with Crippen molar-refractivity contribution in [2.75, 3.05) is 13.2 Å². The van der Waals surface area contributed by atoms with Gasteiger partial charge in [-0.2, -0.15) is 0 Å². The second-order valence-corrected chi connectivity index (χ2v) is 18.2. The first kappa shape index (κ1) is 58.3. The van der Waals surface area contributed by atoms with Gasteiger partial charge in [0.1, 0.15) is 0 Å². The number of unbranched alkanes of at least 4 members (excludes halogenated alkanes) is 36. The molecule has 354 valence electrons. The van der Waals surface area contributed by atoms with Crippen LogP contribution in [0.3, 0.4) is 0 Å². The first-order chi connectivity index (χ1) is 29.5. The van der Waals surface area contributed by atoms with E-state index in [2.05, 4.69) is 31.3 Å². The van der Waals surface area contributed by atoms with Crippen molar-refractivity contribution in [3.63, 3.8) is 0 Å². The molecule has 0 aromatic heterocycles. The van der Waals surface area contributed by atoms with Gasteiger partial charge in [0.2, 0.25) is 5.91 Å². The minimum atomic E-state index is -0.854. The fourth-order valence-corrected chi connectivity index (χ4v) is 8.10. The molecule has 0 aliphatic rings. The number of aliphatic hydroxyl groups excluding tert-OH is 2. The van der Waals surface area contributed by atoms with E-state index in [0.717, 1.165) is 57.8 Å². The third-order valence-electron chi connectivity index (χ3n) is 12.2. The number of carbonyl (C=O) groups excluding carboxylic acids is 2. The molecule has 2 atom stereocenters. The first-order valence-corrected chi connectivity index (χ1v) is 26.6. The van der Waals surface area contributed by atoms with Crippen LogP contribution in [-0.2, 0) is 14.3 Å². The monoisotopic (exact) mass is 846 g/mol. The van der Waals surface area contributed by atoms with Gasteiger partial charge in [0.15, 0.2) is 0 Å². The molecule has 0 aromatic rings. The van der Waals surface area contributed by atoms with Gasteiger partial charge >= 0.3 is 5.97 Å². The highest BCUT2D eigenvalue weighted by Gasteiger charge is 2.18. The van der Waals surface area contributed by atoms with Gasteiger partial charge in [-0.05, 0) is 57.8 Å². The SMILES string of the molecule is CCCCCCCC/C=C\CCCCCCCC(=O)OCCCCCCCCCCCCCCC(=O)NC(CO)C(O)/C=C/CCCCCCCCCCCCCCCC. The van der Waals surface area contributed by atoms with Crippen LogP contribution in [0.4, 0.5) is 0 Å². The van der Waals surface area contributed by atoms with Crippen LogP contribution in [0.1, 0.15) is 284 Å². The van der Waals surface area contributed by atoms with Gasteiger partial charge in [0.05, 0.1) is 25.4 Å². The van der Waals surface area contributed by atoms with Crippen LogP contribution >= 0.6 is 0 Å². The van der Waals surface area contributed by atoms with Crippen molar-refractivity contribution in [1.82, 2.24) is 5.32 Å². The minimum absolute atomic E-state index is 0.0187. The third-order valence-corrected chi connectivity index (χ3v) is 12.2. The van der Waals surface area contributed by atoms with E-state index in [1.165, 1.54) is 199 Å². The lowest BCUT2D eigenvalue weighted by molar-refractivity contribution is -0.143. The van der Waals surface area contributed by atoms with Gasteiger partial charge in [-0.15, -0.1) is 0 Å². The van der Waals surface area contributed by atoms with Crippen LogP contribution in [-0.4, -0.2) is 47.4 Å². The lowest BCUT2D eigenvalue weighted by atomic mass is 10.0. The Kier molecular flexibility index (Phi) is 48.6. The quantitative estimate of drug-likeness (QED) is 0.0322. The van der Waals surface area contributed by atoms with Crippen LogP contribution in [0, 0.1) is 0 Å². The van der Waals surface area contributed by atoms with E-state index in [-0.39, 0.29) is 18.5 Å². The lowest BCUT2D eigenvalue weighted by Crippen LogP contribution is -2.45. The van der Waals surface area contributed by atoms with E-state index in [4.69, 9.17) is 4.74 Å². The molecule has 0 radical (unpaired) electrons. The van der Waals surface area contributed by atoms with Crippen molar-refractivity contribution in [1.29, 1.82) is 0 Å². The maximum Gasteiger partial charge on any atom is 0.305 e. The average molecular weight is 846 g/mol. The Morgan fingerprint density at radius 2 is 0.783 bits per heavy atom. The number of allylic oxidation sites excluding steroid dienone is 3. The number of esters is 1. The normalized spacial score (nSPS) is 12.8. The first-order valence-electron chi connectivity index (χ1n) is 26.6. The molecular formula is C54H103NO5. The largest absolute Gasteiger partial charge is 0.466 e. The molecule has 0 bridgehead atoms. The highest BCUT2D eigenvalue weighted by atomic mass is 16.5. The van der Waals surface area contributed by atoms with Gasteiger partial charge in [0, 0.05) is 12.8 Å². The van der Waals surface area contributed by atoms with Gasteiger partial charge in [-0.25, -0.2) is 0 Å². The van der Waals surface area contributed by atoms with E-state index >= 15 is 0 Å². The summed E-state index contributed by atoms with van der Waals surface area (Å²) in [7, 11) is 0. The standard InChI is InChI=1S/C54H103NO5/c1-3-5-7-9-11-13-15-17-19-21-22-26-30-34-38-42-46-52(57)51(50-56)55-53(58)47-43-39-35-31-27-24-25-29-33-37-41-45-49-60-54(59)48-44-40-36-32-28-23-20-18-16-14-12-10-8-6-4-2/h18,20,42,46,51-52,56-57H,3-17,19,21-41,43-45,47-50H2,1-2H3,(H,55,58)/b20-18-,46-42+. The molecule has 0 aliphatic carbocycles. The molecule has 0 fully saturated rings. The van der Waals surface area contributed by atoms with Gasteiger partial charge in [-0.3, -0.25) is 9.59 Å². The van der Waals surface area contributed by atoms with Crippen LogP contribution in [0.15, 0.2) is 24.3 Å². The zero-order chi connectivity index (χ0) is 43.7. The summed E-state index contributed by atoms with van der Waals surface area (Å²) in [5, 5.41) is 23.1.